The van der Waals surface area contributed by atoms with Gasteiger partial charge in [0.25, 0.3) is 0 Å². The summed E-state index contributed by atoms with van der Waals surface area (Å²) in [5, 5.41) is 9.55. The number of carbonyl (C=O) groups excluding carboxylic acids is 1. The highest BCUT2D eigenvalue weighted by Gasteiger charge is 2.21. The number of aromatic nitrogens is 2. The highest BCUT2D eigenvalue weighted by molar-refractivity contribution is 5.80. The highest BCUT2D eigenvalue weighted by atomic mass is 16.1. The molecule has 3 N–H and O–H groups in total. The van der Waals surface area contributed by atoms with Crippen LogP contribution in [0.1, 0.15) is 31.2 Å². The van der Waals surface area contributed by atoms with E-state index in [2.05, 4.69) is 56.3 Å². The molecule has 1 aliphatic rings. The molecular formula is C20H31N7O. The van der Waals surface area contributed by atoms with E-state index in [4.69, 9.17) is 4.99 Å². The molecule has 0 aromatic carbocycles. The molecule has 0 atom stereocenters. The first kappa shape index (κ1) is 20.1. The van der Waals surface area contributed by atoms with Crippen LogP contribution in [0.25, 0.3) is 5.65 Å². The number of guanidine groups is 1. The number of fused-ring (bicyclic) bond motifs is 1. The molecule has 0 spiro atoms. The third kappa shape index (κ3) is 5.22. The maximum atomic E-state index is 11.5. The quantitative estimate of drug-likeness (QED) is 0.508. The third-order valence-electron chi connectivity index (χ3n) is 5.06. The monoisotopic (exact) mass is 385 g/mol. The van der Waals surface area contributed by atoms with E-state index in [1.54, 1.807) is 7.05 Å². The zero-order valence-corrected chi connectivity index (χ0v) is 17.0. The van der Waals surface area contributed by atoms with Gasteiger partial charge >= 0.3 is 0 Å². The second-order valence-corrected chi connectivity index (χ2v) is 7.19. The number of amides is 1. The van der Waals surface area contributed by atoms with Crippen molar-refractivity contribution in [3.05, 3.63) is 35.8 Å². The Morgan fingerprint density at radius 2 is 2.11 bits per heavy atom. The Morgan fingerprint density at radius 1 is 1.32 bits per heavy atom. The van der Waals surface area contributed by atoms with Gasteiger partial charge in [-0.15, -0.1) is 0 Å². The van der Waals surface area contributed by atoms with Crippen molar-refractivity contribution < 1.29 is 4.79 Å². The summed E-state index contributed by atoms with van der Waals surface area (Å²) in [5.41, 5.74) is 3.06. The van der Waals surface area contributed by atoms with E-state index in [-0.39, 0.29) is 5.91 Å². The molecule has 28 heavy (non-hydrogen) atoms. The summed E-state index contributed by atoms with van der Waals surface area (Å²) in [6, 6.07) is 6.47. The molecule has 2 aromatic heterocycles. The number of likely N-dealkylation sites (N-methyl/N-ethyl adjacent to an activating group) is 1. The molecule has 0 bridgehead atoms. The van der Waals surface area contributed by atoms with Crippen LogP contribution in [0.4, 0.5) is 0 Å². The smallest absolute Gasteiger partial charge is 0.233 e. The number of imidazole rings is 1. The number of hydrogen-bond donors (Lipinski definition) is 3. The standard InChI is InChI=1S/C20H31N7O/c1-4-22-20(25-16-8-10-26(11-9-16)14-19(28)21-3)23-12-17-13-27-15(2)6-5-7-18(27)24-17/h5-7,13,16H,4,8-12,14H2,1-3H3,(H,21,28)(H2,22,23,25). The van der Waals surface area contributed by atoms with Gasteiger partial charge in [-0.2, -0.15) is 0 Å². The molecule has 0 aliphatic carbocycles. The summed E-state index contributed by atoms with van der Waals surface area (Å²) in [6.45, 7) is 7.79. The van der Waals surface area contributed by atoms with Crippen molar-refractivity contribution in [1.29, 1.82) is 0 Å². The maximum absolute atomic E-state index is 11.5. The Kier molecular flexibility index (Phi) is 6.86. The van der Waals surface area contributed by atoms with Crippen LogP contribution in [0.15, 0.2) is 29.4 Å². The average molecular weight is 386 g/mol. The Morgan fingerprint density at radius 3 is 2.79 bits per heavy atom. The SMILES string of the molecule is CCNC(=NCc1cn2c(C)cccc2n1)NC1CCN(CC(=O)NC)CC1. The van der Waals surface area contributed by atoms with Gasteiger partial charge in [-0.3, -0.25) is 9.69 Å². The fraction of sp³-hybridized carbons (Fsp3) is 0.550. The summed E-state index contributed by atoms with van der Waals surface area (Å²) >= 11 is 0. The van der Waals surface area contributed by atoms with Crippen LogP contribution < -0.4 is 16.0 Å². The molecule has 1 amide bonds. The minimum Gasteiger partial charge on any atom is -0.358 e. The van der Waals surface area contributed by atoms with E-state index in [1.807, 2.05) is 12.1 Å². The van der Waals surface area contributed by atoms with E-state index >= 15 is 0 Å². The van der Waals surface area contributed by atoms with Gasteiger partial charge in [0.15, 0.2) is 5.96 Å². The number of nitrogens with zero attached hydrogens (tertiary/aromatic N) is 4. The number of carbonyl (C=O) groups is 1. The fourth-order valence-electron chi connectivity index (χ4n) is 3.47. The van der Waals surface area contributed by atoms with E-state index < -0.39 is 0 Å². The van der Waals surface area contributed by atoms with Crippen molar-refractivity contribution in [3.8, 4) is 0 Å². The minimum atomic E-state index is 0.0731. The predicted octanol–water partition coefficient (Wildman–Crippen LogP) is 0.908. The molecule has 8 heteroatoms. The molecule has 3 rings (SSSR count). The van der Waals surface area contributed by atoms with E-state index in [1.165, 1.54) is 0 Å². The lowest BCUT2D eigenvalue weighted by molar-refractivity contribution is -0.122. The van der Waals surface area contributed by atoms with Crippen LogP contribution in [0.3, 0.4) is 0 Å². The van der Waals surface area contributed by atoms with Gasteiger partial charge in [0.2, 0.25) is 5.91 Å². The molecule has 152 valence electrons. The van der Waals surface area contributed by atoms with Crippen LogP contribution >= 0.6 is 0 Å². The zero-order chi connectivity index (χ0) is 19.9. The van der Waals surface area contributed by atoms with Gasteiger partial charge < -0.3 is 20.4 Å². The van der Waals surface area contributed by atoms with Crippen molar-refractivity contribution in [2.75, 3.05) is 33.2 Å². The van der Waals surface area contributed by atoms with Crippen molar-refractivity contribution in [1.82, 2.24) is 30.2 Å². The lowest BCUT2D eigenvalue weighted by Crippen LogP contribution is -2.50. The molecular weight excluding hydrogens is 354 g/mol. The number of nitrogens with one attached hydrogen (secondary N) is 3. The Bertz CT molecular complexity index is 821. The summed E-state index contributed by atoms with van der Waals surface area (Å²) in [4.78, 5) is 23.1. The number of rotatable bonds is 6. The summed E-state index contributed by atoms with van der Waals surface area (Å²) in [5.74, 6) is 0.894. The van der Waals surface area contributed by atoms with E-state index in [0.717, 1.165) is 55.5 Å². The van der Waals surface area contributed by atoms with Crippen molar-refractivity contribution in [2.24, 2.45) is 4.99 Å². The summed E-state index contributed by atoms with van der Waals surface area (Å²) < 4.78 is 2.09. The fourth-order valence-corrected chi connectivity index (χ4v) is 3.47. The Balaban J connectivity index is 1.57. The predicted molar refractivity (Wildman–Crippen MR) is 111 cm³/mol. The average Bonchev–Trinajstić information content (AvgIpc) is 3.12. The molecule has 0 unspecified atom stereocenters. The maximum Gasteiger partial charge on any atom is 0.233 e. The van der Waals surface area contributed by atoms with E-state index in [0.29, 0.717) is 19.1 Å². The molecule has 8 nitrogen and oxygen atoms in total. The van der Waals surface area contributed by atoms with Crippen LogP contribution in [0.2, 0.25) is 0 Å². The number of likely N-dealkylation sites (tertiary alicyclic amines) is 1. The molecule has 0 saturated carbocycles. The van der Waals surface area contributed by atoms with Gasteiger partial charge in [0.05, 0.1) is 18.8 Å². The van der Waals surface area contributed by atoms with Gasteiger partial charge in [-0.1, -0.05) is 6.07 Å². The van der Waals surface area contributed by atoms with Gasteiger partial charge in [0.1, 0.15) is 5.65 Å². The third-order valence-corrected chi connectivity index (χ3v) is 5.06. The number of aryl methyl sites for hydroxylation is 1. The molecule has 3 heterocycles. The van der Waals surface area contributed by atoms with E-state index in [9.17, 15) is 4.79 Å². The van der Waals surface area contributed by atoms with Crippen LogP contribution in [-0.4, -0.2) is 65.4 Å². The number of pyridine rings is 1. The van der Waals surface area contributed by atoms with Crippen LogP contribution in [-0.2, 0) is 11.3 Å². The Labute approximate surface area is 166 Å². The van der Waals surface area contributed by atoms with Gasteiger partial charge in [0, 0.05) is 44.6 Å². The first-order chi connectivity index (χ1) is 13.6. The van der Waals surface area contributed by atoms with Crippen molar-refractivity contribution in [3.63, 3.8) is 0 Å². The molecule has 1 fully saturated rings. The van der Waals surface area contributed by atoms with Crippen LogP contribution in [0.5, 0.6) is 0 Å². The Hall–Kier alpha value is -2.61. The molecule has 2 aromatic rings. The lowest BCUT2D eigenvalue weighted by atomic mass is 10.1. The molecule has 0 radical (unpaired) electrons. The van der Waals surface area contributed by atoms with Crippen LogP contribution in [0, 0.1) is 6.92 Å². The van der Waals surface area contributed by atoms with Crippen molar-refractivity contribution in [2.45, 2.75) is 39.3 Å². The van der Waals surface area contributed by atoms with Gasteiger partial charge in [-0.05, 0) is 38.8 Å². The molecule has 1 aliphatic heterocycles. The number of piperidine rings is 1. The topological polar surface area (TPSA) is 86.1 Å². The minimum absolute atomic E-state index is 0.0731. The first-order valence-electron chi connectivity index (χ1n) is 10.0. The second-order valence-electron chi connectivity index (χ2n) is 7.19. The van der Waals surface area contributed by atoms with Crippen molar-refractivity contribution >= 4 is 17.5 Å². The first-order valence-corrected chi connectivity index (χ1v) is 10.0. The number of hydrogen-bond acceptors (Lipinski definition) is 4. The van der Waals surface area contributed by atoms with Gasteiger partial charge in [-0.25, -0.2) is 9.98 Å². The summed E-state index contributed by atoms with van der Waals surface area (Å²) in [7, 11) is 1.68. The largest absolute Gasteiger partial charge is 0.358 e. The summed E-state index contributed by atoms with van der Waals surface area (Å²) in [6.07, 6.45) is 4.04. The lowest BCUT2D eigenvalue weighted by Gasteiger charge is -2.32. The second kappa shape index (κ2) is 9.54. The molecule has 1 saturated heterocycles. The normalized spacial score (nSPS) is 16.3. The number of aliphatic imine (C=N–C) groups is 1. The zero-order valence-electron chi connectivity index (χ0n) is 17.0. The highest BCUT2D eigenvalue weighted by Crippen LogP contribution is 2.11.